The molecule has 0 bridgehead atoms. The Hall–Kier alpha value is -2.11. The predicted octanol–water partition coefficient (Wildman–Crippen LogP) is 0.852. The van der Waals surface area contributed by atoms with Crippen molar-refractivity contribution in [2.24, 2.45) is 0 Å². The first-order valence-electron chi connectivity index (χ1n) is 5.74. The van der Waals surface area contributed by atoms with Gasteiger partial charge in [0, 0.05) is 30.5 Å². The van der Waals surface area contributed by atoms with Crippen LogP contribution in [0.15, 0.2) is 12.1 Å². The second kappa shape index (κ2) is 3.69. The van der Waals surface area contributed by atoms with Gasteiger partial charge >= 0.3 is 0 Å². The number of fused-ring (bicyclic) bond motifs is 3. The van der Waals surface area contributed by atoms with Crippen molar-refractivity contribution in [1.82, 2.24) is 4.90 Å². The lowest BCUT2D eigenvalue weighted by atomic mass is 9.95. The Morgan fingerprint density at radius 3 is 3.00 bits per heavy atom. The zero-order valence-corrected chi connectivity index (χ0v) is 9.88. The summed E-state index contributed by atoms with van der Waals surface area (Å²) in [5, 5.41) is 10.8. The summed E-state index contributed by atoms with van der Waals surface area (Å²) in [6.45, 7) is 0.632. The summed E-state index contributed by atoms with van der Waals surface area (Å²) in [4.78, 5) is 24.2. The minimum absolute atomic E-state index is 0.0722. The molecule has 0 radical (unpaired) electrons. The molecule has 1 aromatic carbocycles. The largest absolute Gasteiger partial charge is 0.486 e. The number of carbonyl (C=O) groups is 1. The molecule has 0 fully saturated rings. The number of ether oxygens (including phenoxy) is 1. The standard InChI is InChI=1S/C12H12N2O4/c1-13-5-7-2-3-10-9(11(7)12(13)15)4-8(6-18-10)14(16)17/h2-3,8H,4-6H2,1H3. The molecule has 1 amide bonds. The summed E-state index contributed by atoms with van der Waals surface area (Å²) in [7, 11) is 1.73. The number of amides is 1. The normalized spacial score (nSPS) is 21.3. The van der Waals surface area contributed by atoms with Crippen LogP contribution in [0.2, 0.25) is 0 Å². The van der Waals surface area contributed by atoms with Gasteiger partial charge in [-0.25, -0.2) is 0 Å². The third kappa shape index (κ3) is 1.45. The fourth-order valence-electron chi connectivity index (χ4n) is 2.55. The molecule has 6 heteroatoms. The van der Waals surface area contributed by atoms with E-state index in [4.69, 9.17) is 4.74 Å². The van der Waals surface area contributed by atoms with Crippen LogP contribution in [0.4, 0.5) is 0 Å². The number of rotatable bonds is 1. The van der Waals surface area contributed by atoms with Crippen molar-refractivity contribution in [3.05, 3.63) is 38.9 Å². The van der Waals surface area contributed by atoms with Gasteiger partial charge in [0.25, 0.3) is 11.9 Å². The summed E-state index contributed by atoms with van der Waals surface area (Å²) in [5.74, 6) is 0.532. The van der Waals surface area contributed by atoms with Gasteiger partial charge in [-0.2, -0.15) is 0 Å². The Bertz CT molecular complexity index is 555. The van der Waals surface area contributed by atoms with E-state index in [-0.39, 0.29) is 23.9 Å². The number of carbonyl (C=O) groups excluding carboxylic acids is 1. The number of hydrogen-bond donors (Lipinski definition) is 0. The van der Waals surface area contributed by atoms with Crippen molar-refractivity contribution < 1.29 is 14.5 Å². The molecule has 18 heavy (non-hydrogen) atoms. The Morgan fingerprint density at radius 1 is 1.50 bits per heavy atom. The molecule has 0 saturated heterocycles. The van der Waals surface area contributed by atoms with Gasteiger partial charge in [0.15, 0.2) is 6.61 Å². The molecule has 2 aliphatic rings. The second-order valence-electron chi connectivity index (χ2n) is 4.69. The molecule has 94 valence electrons. The maximum atomic E-state index is 12.0. The average molecular weight is 248 g/mol. The van der Waals surface area contributed by atoms with Crippen LogP contribution in [-0.2, 0) is 13.0 Å². The molecule has 1 atom stereocenters. The van der Waals surface area contributed by atoms with E-state index in [0.717, 1.165) is 5.56 Å². The van der Waals surface area contributed by atoms with E-state index in [9.17, 15) is 14.9 Å². The lowest BCUT2D eigenvalue weighted by Crippen LogP contribution is -2.34. The van der Waals surface area contributed by atoms with Crippen molar-refractivity contribution in [2.75, 3.05) is 13.7 Å². The summed E-state index contributed by atoms with van der Waals surface area (Å²) in [6.07, 6.45) is 0.269. The van der Waals surface area contributed by atoms with Crippen molar-refractivity contribution in [3.63, 3.8) is 0 Å². The first-order valence-corrected chi connectivity index (χ1v) is 5.74. The van der Waals surface area contributed by atoms with E-state index in [1.165, 1.54) is 0 Å². The second-order valence-corrected chi connectivity index (χ2v) is 4.69. The SMILES string of the molecule is CN1Cc2ccc3c(c2C1=O)CC([N+](=O)[O-])CO3. The monoisotopic (exact) mass is 248 g/mol. The maximum Gasteiger partial charge on any atom is 0.254 e. The lowest BCUT2D eigenvalue weighted by molar-refractivity contribution is -0.525. The van der Waals surface area contributed by atoms with Crippen LogP contribution in [0.5, 0.6) is 5.75 Å². The highest BCUT2D eigenvalue weighted by molar-refractivity contribution is 6.00. The van der Waals surface area contributed by atoms with E-state index in [0.29, 0.717) is 23.4 Å². The Balaban J connectivity index is 2.08. The summed E-state index contributed by atoms with van der Waals surface area (Å²) >= 11 is 0. The van der Waals surface area contributed by atoms with Crippen LogP contribution in [0.25, 0.3) is 0 Å². The van der Waals surface area contributed by atoms with Crippen LogP contribution >= 0.6 is 0 Å². The Labute approximate surface area is 103 Å². The molecule has 2 aliphatic heterocycles. The molecule has 1 aromatic rings. The van der Waals surface area contributed by atoms with Crippen molar-refractivity contribution in [1.29, 1.82) is 0 Å². The first-order chi connectivity index (χ1) is 8.58. The minimum Gasteiger partial charge on any atom is -0.486 e. The summed E-state index contributed by atoms with van der Waals surface area (Å²) in [6, 6.07) is 2.90. The van der Waals surface area contributed by atoms with Gasteiger partial charge in [-0.05, 0) is 11.6 Å². The van der Waals surface area contributed by atoms with Crippen molar-refractivity contribution in [2.45, 2.75) is 19.0 Å². The van der Waals surface area contributed by atoms with Gasteiger partial charge in [0.1, 0.15) is 5.75 Å². The van der Waals surface area contributed by atoms with Crippen molar-refractivity contribution in [3.8, 4) is 5.75 Å². The topological polar surface area (TPSA) is 72.7 Å². The maximum absolute atomic E-state index is 12.0. The fraction of sp³-hybridized carbons (Fsp3) is 0.417. The molecule has 3 rings (SSSR count). The van der Waals surface area contributed by atoms with Gasteiger partial charge in [0.2, 0.25) is 0 Å². The third-order valence-corrected chi connectivity index (χ3v) is 3.49. The Kier molecular flexibility index (Phi) is 2.26. The highest BCUT2D eigenvalue weighted by Crippen LogP contribution is 2.35. The molecule has 0 saturated carbocycles. The molecular formula is C12H12N2O4. The van der Waals surface area contributed by atoms with Gasteiger partial charge in [-0.15, -0.1) is 0 Å². The highest BCUT2D eigenvalue weighted by Gasteiger charge is 2.36. The van der Waals surface area contributed by atoms with Gasteiger partial charge < -0.3 is 9.64 Å². The molecule has 0 aromatic heterocycles. The van der Waals surface area contributed by atoms with E-state index in [1.54, 1.807) is 18.0 Å². The number of nitro groups is 1. The molecule has 6 nitrogen and oxygen atoms in total. The summed E-state index contributed by atoms with van der Waals surface area (Å²) < 4.78 is 5.39. The van der Waals surface area contributed by atoms with E-state index < -0.39 is 6.04 Å². The smallest absolute Gasteiger partial charge is 0.254 e. The van der Waals surface area contributed by atoms with Crippen LogP contribution in [0, 0.1) is 10.1 Å². The molecule has 0 spiro atoms. The number of benzene rings is 1. The lowest BCUT2D eigenvalue weighted by Gasteiger charge is -2.21. The van der Waals surface area contributed by atoms with E-state index >= 15 is 0 Å². The molecule has 1 unspecified atom stereocenters. The first kappa shape index (κ1) is 11.0. The van der Waals surface area contributed by atoms with Crippen LogP contribution in [-0.4, -0.2) is 35.4 Å². The highest BCUT2D eigenvalue weighted by atomic mass is 16.6. The van der Waals surface area contributed by atoms with Crippen LogP contribution in [0.1, 0.15) is 21.5 Å². The molecule has 0 aliphatic carbocycles. The van der Waals surface area contributed by atoms with Gasteiger partial charge in [-0.3, -0.25) is 14.9 Å². The zero-order chi connectivity index (χ0) is 12.9. The van der Waals surface area contributed by atoms with Crippen molar-refractivity contribution >= 4 is 5.91 Å². The van der Waals surface area contributed by atoms with Gasteiger partial charge in [-0.1, -0.05) is 6.07 Å². The van der Waals surface area contributed by atoms with E-state index in [2.05, 4.69) is 0 Å². The molecular weight excluding hydrogens is 236 g/mol. The fourth-order valence-corrected chi connectivity index (χ4v) is 2.55. The predicted molar refractivity (Wildman–Crippen MR) is 62.2 cm³/mol. The van der Waals surface area contributed by atoms with Gasteiger partial charge in [0.05, 0.1) is 5.56 Å². The Morgan fingerprint density at radius 2 is 2.28 bits per heavy atom. The number of hydrogen-bond acceptors (Lipinski definition) is 4. The zero-order valence-electron chi connectivity index (χ0n) is 9.88. The van der Waals surface area contributed by atoms with Crippen LogP contribution in [0.3, 0.4) is 0 Å². The minimum atomic E-state index is -0.761. The summed E-state index contributed by atoms with van der Waals surface area (Å²) in [5.41, 5.74) is 2.21. The molecule has 2 heterocycles. The average Bonchev–Trinajstić information content (AvgIpc) is 2.65. The number of nitrogens with zero attached hydrogens (tertiary/aromatic N) is 2. The molecule has 0 N–H and O–H groups in total. The van der Waals surface area contributed by atoms with E-state index in [1.807, 2.05) is 6.07 Å². The third-order valence-electron chi connectivity index (χ3n) is 3.49. The van der Waals surface area contributed by atoms with Crippen LogP contribution < -0.4 is 4.74 Å². The quantitative estimate of drug-likeness (QED) is 0.545.